The van der Waals surface area contributed by atoms with Crippen LogP contribution in [0.5, 0.6) is 5.75 Å². The van der Waals surface area contributed by atoms with Gasteiger partial charge in [0.15, 0.2) is 5.78 Å². The van der Waals surface area contributed by atoms with Gasteiger partial charge in [0.05, 0.1) is 6.04 Å². The van der Waals surface area contributed by atoms with Crippen LogP contribution in [-0.2, 0) is 0 Å². The van der Waals surface area contributed by atoms with Gasteiger partial charge in [-0.1, -0.05) is 15.9 Å². The molecule has 1 aromatic rings. The first-order chi connectivity index (χ1) is 6.02. The number of phenols is 1. The highest BCUT2D eigenvalue weighted by Gasteiger charge is 2.14. The summed E-state index contributed by atoms with van der Waals surface area (Å²) in [6.45, 7) is 1.61. The Bertz CT molecular complexity index is 336. The number of benzene rings is 1. The maximum Gasteiger partial charge on any atom is 0.180 e. The van der Waals surface area contributed by atoms with Gasteiger partial charge in [0, 0.05) is 10.0 Å². The molecule has 0 aliphatic heterocycles. The van der Waals surface area contributed by atoms with Crippen molar-refractivity contribution in [1.29, 1.82) is 0 Å². The van der Waals surface area contributed by atoms with Gasteiger partial charge in [-0.05, 0) is 25.1 Å². The predicted molar refractivity (Wildman–Crippen MR) is 53.8 cm³/mol. The molecule has 0 bridgehead atoms. The van der Waals surface area contributed by atoms with E-state index in [1.54, 1.807) is 13.0 Å². The quantitative estimate of drug-likeness (QED) is 0.778. The first-order valence-corrected chi connectivity index (χ1v) is 4.60. The molecule has 4 heteroatoms. The van der Waals surface area contributed by atoms with Crippen molar-refractivity contribution in [3.63, 3.8) is 0 Å². The fraction of sp³-hybridized carbons (Fsp3) is 0.222. The summed E-state index contributed by atoms with van der Waals surface area (Å²) in [7, 11) is 0. The van der Waals surface area contributed by atoms with Crippen molar-refractivity contribution in [3.05, 3.63) is 28.2 Å². The second-order valence-electron chi connectivity index (χ2n) is 2.82. The summed E-state index contributed by atoms with van der Waals surface area (Å²) in [6.07, 6.45) is 0. The van der Waals surface area contributed by atoms with E-state index in [0.29, 0.717) is 10.0 Å². The van der Waals surface area contributed by atoms with Crippen LogP contribution in [0.4, 0.5) is 0 Å². The fourth-order valence-electron chi connectivity index (χ4n) is 0.947. The maximum atomic E-state index is 11.5. The van der Waals surface area contributed by atoms with E-state index in [1.807, 2.05) is 0 Å². The third kappa shape index (κ3) is 2.29. The molecule has 1 atom stereocenters. The van der Waals surface area contributed by atoms with Crippen LogP contribution in [0.2, 0.25) is 0 Å². The van der Waals surface area contributed by atoms with Crippen LogP contribution in [0.3, 0.4) is 0 Å². The van der Waals surface area contributed by atoms with Gasteiger partial charge in [0.25, 0.3) is 0 Å². The maximum absolute atomic E-state index is 11.5. The summed E-state index contributed by atoms with van der Waals surface area (Å²) in [5.74, 6) is -0.130. The van der Waals surface area contributed by atoms with Crippen molar-refractivity contribution < 1.29 is 9.90 Å². The second-order valence-corrected chi connectivity index (χ2v) is 3.67. The minimum Gasteiger partial charge on any atom is -0.508 e. The zero-order chi connectivity index (χ0) is 10.0. The van der Waals surface area contributed by atoms with Crippen LogP contribution in [-0.4, -0.2) is 16.9 Å². The lowest BCUT2D eigenvalue weighted by Gasteiger charge is -2.06. The normalized spacial score (nSPS) is 12.5. The summed E-state index contributed by atoms with van der Waals surface area (Å²) in [5.41, 5.74) is 5.85. The summed E-state index contributed by atoms with van der Waals surface area (Å²) in [6, 6.07) is 3.96. The van der Waals surface area contributed by atoms with Crippen LogP contribution < -0.4 is 5.73 Å². The first kappa shape index (κ1) is 10.2. The minimum absolute atomic E-state index is 0.0622. The number of Topliss-reactive ketones (excluding diaryl/α,β-unsaturated/α-hetero) is 1. The molecule has 0 fully saturated rings. The van der Waals surface area contributed by atoms with Crippen molar-refractivity contribution in [1.82, 2.24) is 0 Å². The van der Waals surface area contributed by atoms with E-state index < -0.39 is 6.04 Å². The van der Waals surface area contributed by atoms with Crippen LogP contribution >= 0.6 is 15.9 Å². The molecule has 70 valence electrons. The van der Waals surface area contributed by atoms with E-state index in [4.69, 9.17) is 10.8 Å². The summed E-state index contributed by atoms with van der Waals surface area (Å²) in [5, 5.41) is 9.15. The van der Waals surface area contributed by atoms with E-state index in [1.165, 1.54) is 12.1 Å². The molecule has 0 spiro atoms. The average Bonchev–Trinajstić information content (AvgIpc) is 2.08. The lowest BCUT2D eigenvalue weighted by molar-refractivity contribution is 0.0967. The molecular weight excluding hydrogens is 234 g/mol. The largest absolute Gasteiger partial charge is 0.508 e. The van der Waals surface area contributed by atoms with Crippen LogP contribution in [0.25, 0.3) is 0 Å². The molecule has 0 heterocycles. The molecule has 0 aliphatic carbocycles. The zero-order valence-corrected chi connectivity index (χ0v) is 8.71. The lowest BCUT2D eigenvalue weighted by atomic mass is 10.1. The van der Waals surface area contributed by atoms with Gasteiger partial charge < -0.3 is 10.8 Å². The average molecular weight is 244 g/mol. The number of hydrogen-bond acceptors (Lipinski definition) is 3. The predicted octanol–water partition coefficient (Wildman–Crippen LogP) is 1.68. The van der Waals surface area contributed by atoms with Crippen molar-refractivity contribution in [2.75, 3.05) is 0 Å². The Balaban J connectivity index is 3.13. The molecule has 1 rings (SSSR count). The Labute approximate surface area is 84.7 Å². The van der Waals surface area contributed by atoms with Crippen molar-refractivity contribution >= 4 is 21.7 Å². The SMILES string of the molecule is CC(N)C(=O)c1cc(O)ccc1Br. The van der Waals surface area contributed by atoms with Gasteiger partial charge in [-0.3, -0.25) is 4.79 Å². The molecule has 0 aliphatic rings. The molecule has 0 saturated carbocycles. The van der Waals surface area contributed by atoms with Crippen LogP contribution in [0.1, 0.15) is 17.3 Å². The summed E-state index contributed by atoms with van der Waals surface area (Å²) >= 11 is 3.21. The summed E-state index contributed by atoms with van der Waals surface area (Å²) < 4.78 is 0.646. The van der Waals surface area contributed by atoms with Gasteiger partial charge in [0.1, 0.15) is 5.75 Å². The number of aromatic hydroxyl groups is 1. The van der Waals surface area contributed by atoms with E-state index in [2.05, 4.69) is 15.9 Å². The van der Waals surface area contributed by atoms with Crippen molar-refractivity contribution in [3.8, 4) is 5.75 Å². The van der Waals surface area contributed by atoms with Crippen molar-refractivity contribution in [2.24, 2.45) is 5.73 Å². The Hall–Kier alpha value is -0.870. The van der Waals surface area contributed by atoms with Gasteiger partial charge in [-0.25, -0.2) is 0 Å². The third-order valence-corrected chi connectivity index (χ3v) is 2.32. The molecule has 1 unspecified atom stereocenters. The van der Waals surface area contributed by atoms with Crippen LogP contribution in [0.15, 0.2) is 22.7 Å². The molecule has 13 heavy (non-hydrogen) atoms. The number of hydrogen-bond donors (Lipinski definition) is 2. The lowest BCUT2D eigenvalue weighted by Crippen LogP contribution is -2.26. The van der Waals surface area contributed by atoms with Crippen LogP contribution in [0, 0.1) is 0 Å². The Morgan fingerprint density at radius 3 is 2.77 bits per heavy atom. The Kier molecular flexibility index (Phi) is 3.06. The van der Waals surface area contributed by atoms with Gasteiger partial charge in [-0.15, -0.1) is 0 Å². The molecule has 0 radical (unpaired) electrons. The van der Waals surface area contributed by atoms with E-state index in [9.17, 15) is 4.79 Å². The molecule has 1 aromatic carbocycles. The van der Waals surface area contributed by atoms with Gasteiger partial charge in [0.2, 0.25) is 0 Å². The Morgan fingerprint density at radius 1 is 1.62 bits per heavy atom. The zero-order valence-electron chi connectivity index (χ0n) is 7.12. The number of carbonyl (C=O) groups is 1. The number of rotatable bonds is 2. The Morgan fingerprint density at radius 2 is 2.23 bits per heavy atom. The third-order valence-electron chi connectivity index (χ3n) is 1.63. The van der Waals surface area contributed by atoms with Crippen molar-refractivity contribution in [2.45, 2.75) is 13.0 Å². The highest BCUT2D eigenvalue weighted by Crippen LogP contribution is 2.22. The molecule has 0 saturated heterocycles. The topological polar surface area (TPSA) is 63.3 Å². The number of phenolic OH excluding ortho intramolecular Hbond substituents is 1. The standard InChI is InChI=1S/C9H10BrNO2/c1-5(11)9(13)7-4-6(12)2-3-8(7)10/h2-5,12H,11H2,1H3. The smallest absolute Gasteiger partial charge is 0.180 e. The second kappa shape index (κ2) is 3.89. The molecule has 3 N–H and O–H groups in total. The molecule has 0 aromatic heterocycles. The molecule has 3 nitrogen and oxygen atoms in total. The summed E-state index contributed by atoms with van der Waals surface area (Å²) in [4.78, 5) is 11.5. The molecular formula is C9H10BrNO2. The van der Waals surface area contributed by atoms with Gasteiger partial charge in [-0.2, -0.15) is 0 Å². The highest BCUT2D eigenvalue weighted by atomic mass is 79.9. The van der Waals surface area contributed by atoms with Gasteiger partial charge >= 0.3 is 0 Å². The number of carbonyl (C=O) groups excluding carboxylic acids is 1. The molecule has 0 amide bonds. The monoisotopic (exact) mass is 243 g/mol. The number of halogens is 1. The fourth-order valence-corrected chi connectivity index (χ4v) is 1.39. The highest BCUT2D eigenvalue weighted by molar-refractivity contribution is 9.10. The minimum atomic E-state index is -0.557. The van der Waals surface area contributed by atoms with E-state index in [0.717, 1.165) is 0 Å². The number of ketones is 1. The number of nitrogens with two attached hydrogens (primary N) is 1. The van der Waals surface area contributed by atoms with E-state index in [-0.39, 0.29) is 11.5 Å². The first-order valence-electron chi connectivity index (χ1n) is 3.80. The van der Waals surface area contributed by atoms with E-state index >= 15 is 0 Å².